The summed E-state index contributed by atoms with van der Waals surface area (Å²) in [6.07, 6.45) is 2.83. The number of anilines is 1. The van der Waals surface area contributed by atoms with Crippen LogP contribution in [0, 0.1) is 0 Å². The van der Waals surface area contributed by atoms with Gasteiger partial charge in [-0.3, -0.25) is 4.98 Å². The molecule has 1 fully saturated rings. The van der Waals surface area contributed by atoms with Crippen LogP contribution in [0.5, 0.6) is 0 Å². The van der Waals surface area contributed by atoms with Crippen LogP contribution in [0.2, 0.25) is 4.34 Å². The first-order chi connectivity index (χ1) is 12.7. The van der Waals surface area contributed by atoms with Crippen molar-refractivity contribution in [1.82, 2.24) is 10.3 Å². The van der Waals surface area contributed by atoms with E-state index >= 15 is 0 Å². The topological polar surface area (TPSA) is 28.2 Å². The molecule has 3 nitrogen and oxygen atoms in total. The third-order valence-corrected chi connectivity index (χ3v) is 6.22. The van der Waals surface area contributed by atoms with Gasteiger partial charge >= 0.3 is 0 Å². The molecule has 6 heteroatoms. The quantitative estimate of drug-likeness (QED) is 0.583. The van der Waals surface area contributed by atoms with Gasteiger partial charge in [-0.05, 0) is 60.6 Å². The number of thiophene rings is 1. The molecular formula is C20H18ClN3S2. The summed E-state index contributed by atoms with van der Waals surface area (Å²) >= 11 is 13.5. The second kappa shape index (κ2) is 7.35. The van der Waals surface area contributed by atoms with Crippen LogP contribution in [-0.4, -0.2) is 10.1 Å². The molecule has 0 aliphatic carbocycles. The SMILES string of the molecule is CCc1ccc(N2C(=S)N[C@@H](c3ccccn3)[C@@H]2c2ccc(Cl)s2)cc1. The molecule has 1 saturated heterocycles. The van der Waals surface area contributed by atoms with Gasteiger partial charge in [-0.25, -0.2) is 0 Å². The largest absolute Gasteiger partial charge is 0.351 e. The van der Waals surface area contributed by atoms with E-state index in [0.717, 1.165) is 27.0 Å². The van der Waals surface area contributed by atoms with E-state index in [9.17, 15) is 0 Å². The molecule has 0 saturated carbocycles. The average molecular weight is 400 g/mol. The van der Waals surface area contributed by atoms with Crippen molar-refractivity contribution >= 4 is 46.0 Å². The van der Waals surface area contributed by atoms with Crippen molar-refractivity contribution in [3.05, 3.63) is 81.3 Å². The lowest BCUT2D eigenvalue weighted by Crippen LogP contribution is -2.29. The number of nitrogens with one attached hydrogen (secondary N) is 1. The number of halogens is 1. The second-order valence-corrected chi connectivity index (χ2v) is 8.29. The van der Waals surface area contributed by atoms with Crippen molar-refractivity contribution in [2.75, 3.05) is 4.90 Å². The zero-order valence-electron chi connectivity index (χ0n) is 14.2. The minimum Gasteiger partial charge on any atom is -0.351 e. The number of rotatable bonds is 4. The van der Waals surface area contributed by atoms with Gasteiger partial charge in [0.1, 0.15) is 0 Å². The van der Waals surface area contributed by atoms with Gasteiger partial charge in [0.25, 0.3) is 0 Å². The zero-order valence-corrected chi connectivity index (χ0v) is 16.6. The Balaban J connectivity index is 1.79. The second-order valence-electron chi connectivity index (χ2n) is 6.16. The molecule has 2 aromatic heterocycles. The monoisotopic (exact) mass is 399 g/mol. The van der Waals surface area contributed by atoms with E-state index in [1.165, 1.54) is 5.56 Å². The predicted octanol–water partition coefficient (Wildman–Crippen LogP) is 5.54. The Hall–Kier alpha value is -1.95. The maximum Gasteiger partial charge on any atom is 0.174 e. The number of benzene rings is 1. The van der Waals surface area contributed by atoms with Gasteiger partial charge in [0.05, 0.1) is 22.1 Å². The molecule has 1 N–H and O–H groups in total. The van der Waals surface area contributed by atoms with Crippen molar-refractivity contribution in [2.24, 2.45) is 0 Å². The van der Waals surface area contributed by atoms with E-state index < -0.39 is 0 Å². The summed E-state index contributed by atoms with van der Waals surface area (Å²) in [5.74, 6) is 0. The summed E-state index contributed by atoms with van der Waals surface area (Å²) in [6.45, 7) is 2.16. The first kappa shape index (κ1) is 17.5. The molecule has 3 aromatic rings. The summed E-state index contributed by atoms with van der Waals surface area (Å²) < 4.78 is 0.777. The summed E-state index contributed by atoms with van der Waals surface area (Å²) in [7, 11) is 0. The first-order valence-corrected chi connectivity index (χ1v) is 10.1. The van der Waals surface area contributed by atoms with Crippen molar-refractivity contribution in [2.45, 2.75) is 25.4 Å². The Labute approximate surface area is 167 Å². The highest BCUT2D eigenvalue weighted by molar-refractivity contribution is 7.80. The van der Waals surface area contributed by atoms with E-state index in [-0.39, 0.29) is 12.1 Å². The molecule has 0 bridgehead atoms. The van der Waals surface area contributed by atoms with Gasteiger partial charge in [0.2, 0.25) is 0 Å². The molecule has 1 aromatic carbocycles. The maximum atomic E-state index is 6.23. The summed E-state index contributed by atoms with van der Waals surface area (Å²) in [5.41, 5.74) is 3.36. The van der Waals surface area contributed by atoms with Gasteiger partial charge in [0.15, 0.2) is 5.11 Å². The molecule has 0 unspecified atom stereocenters. The molecule has 1 aliphatic rings. The molecule has 26 heavy (non-hydrogen) atoms. The Morgan fingerprint density at radius 1 is 1.15 bits per heavy atom. The lowest BCUT2D eigenvalue weighted by atomic mass is 10.0. The van der Waals surface area contributed by atoms with Crippen molar-refractivity contribution in [3.63, 3.8) is 0 Å². The fraction of sp³-hybridized carbons (Fsp3) is 0.200. The van der Waals surface area contributed by atoms with Gasteiger partial charge in [-0.2, -0.15) is 0 Å². The first-order valence-electron chi connectivity index (χ1n) is 8.52. The van der Waals surface area contributed by atoms with Gasteiger partial charge in [-0.1, -0.05) is 36.7 Å². The summed E-state index contributed by atoms with van der Waals surface area (Å²) in [4.78, 5) is 7.90. The number of aryl methyl sites for hydroxylation is 1. The van der Waals surface area contributed by atoms with Crippen LogP contribution in [0.15, 0.2) is 60.8 Å². The van der Waals surface area contributed by atoms with E-state index in [0.29, 0.717) is 5.11 Å². The van der Waals surface area contributed by atoms with E-state index in [1.807, 2.05) is 30.5 Å². The van der Waals surface area contributed by atoms with Crippen molar-refractivity contribution < 1.29 is 0 Å². The normalized spacial score (nSPS) is 19.6. The van der Waals surface area contributed by atoms with Crippen LogP contribution in [0.1, 0.15) is 35.1 Å². The van der Waals surface area contributed by atoms with Crippen molar-refractivity contribution in [1.29, 1.82) is 0 Å². The standard InChI is InChI=1S/C20H18ClN3S2/c1-2-13-6-8-14(9-7-13)24-19(16-10-11-17(21)26-16)18(23-20(24)25)15-5-3-4-12-22-15/h3-12,18-19H,2H2,1H3,(H,23,25)/t18-,19-/m0/s1. The fourth-order valence-corrected chi connectivity index (χ4v) is 4.84. The Morgan fingerprint density at radius 2 is 1.96 bits per heavy atom. The third kappa shape index (κ3) is 3.22. The number of hydrogen-bond acceptors (Lipinski definition) is 3. The van der Waals surface area contributed by atoms with E-state index in [2.05, 4.69) is 52.5 Å². The van der Waals surface area contributed by atoms with Gasteiger partial charge < -0.3 is 10.2 Å². The average Bonchev–Trinajstić information content (AvgIpc) is 3.25. The van der Waals surface area contributed by atoms with Crippen LogP contribution in [0.25, 0.3) is 0 Å². The lowest BCUT2D eigenvalue weighted by molar-refractivity contribution is 0.575. The number of pyridine rings is 1. The number of thiocarbonyl (C=S) groups is 1. The minimum atomic E-state index is -0.0238. The van der Waals surface area contributed by atoms with Crippen molar-refractivity contribution in [3.8, 4) is 0 Å². The van der Waals surface area contributed by atoms with E-state index in [4.69, 9.17) is 23.8 Å². The van der Waals surface area contributed by atoms with Crippen LogP contribution in [0.4, 0.5) is 5.69 Å². The molecule has 132 valence electrons. The maximum absolute atomic E-state index is 6.23. The molecular weight excluding hydrogens is 382 g/mol. The lowest BCUT2D eigenvalue weighted by Gasteiger charge is -2.27. The Kier molecular flexibility index (Phi) is 4.94. The molecule has 1 aliphatic heterocycles. The Morgan fingerprint density at radius 3 is 2.58 bits per heavy atom. The molecule has 4 rings (SSSR count). The summed E-state index contributed by atoms with van der Waals surface area (Å²) in [5, 5.41) is 4.17. The predicted molar refractivity (Wildman–Crippen MR) is 113 cm³/mol. The molecule has 0 amide bonds. The number of hydrogen-bond donors (Lipinski definition) is 1. The fourth-order valence-electron chi connectivity index (χ4n) is 3.30. The van der Waals surface area contributed by atoms with Gasteiger partial charge in [-0.15, -0.1) is 11.3 Å². The smallest absolute Gasteiger partial charge is 0.174 e. The highest BCUT2D eigenvalue weighted by Gasteiger charge is 2.41. The number of aromatic nitrogens is 1. The zero-order chi connectivity index (χ0) is 18.1. The van der Waals surface area contributed by atoms with Crippen LogP contribution < -0.4 is 10.2 Å². The third-order valence-electron chi connectivity index (χ3n) is 4.61. The minimum absolute atomic E-state index is 0.0161. The number of nitrogens with zero attached hydrogens (tertiary/aromatic N) is 2. The molecule has 0 radical (unpaired) electrons. The van der Waals surface area contributed by atoms with Crippen LogP contribution in [0.3, 0.4) is 0 Å². The highest BCUT2D eigenvalue weighted by atomic mass is 35.5. The highest BCUT2D eigenvalue weighted by Crippen LogP contribution is 2.44. The Bertz CT molecular complexity index is 908. The van der Waals surface area contributed by atoms with E-state index in [1.54, 1.807) is 11.3 Å². The van der Waals surface area contributed by atoms with Gasteiger partial charge in [0, 0.05) is 16.8 Å². The van der Waals surface area contributed by atoms with Crippen LogP contribution in [-0.2, 0) is 6.42 Å². The summed E-state index contributed by atoms with van der Waals surface area (Å²) in [6, 6.07) is 18.6. The molecule has 2 atom stereocenters. The molecule has 0 spiro atoms. The molecule has 3 heterocycles. The van der Waals surface area contributed by atoms with Crippen LogP contribution >= 0.6 is 35.2 Å².